The lowest BCUT2D eigenvalue weighted by Crippen LogP contribution is -2.14. The van der Waals surface area contributed by atoms with E-state index in [1.54, 1.807) is 10.6 Å². The number of aromatic nitrogens is 2. The molecule has 2 heterocycles. The lowest BCUT2D eigenvalue weighted by Gasteiger charge is -2.18. The van der Waals surface area contributed by atoms with Crippen LogP contribution in [0.3, 0.4) is 0 Å². The van der Waals surface area contributed by atoms with Crippen LogP contribution in [0.25, 0.3) is 16.4 Å². The van der Waals surface area contributed by atoms with E-state index in [0.29, 0.717) is 0 Å². The van der Waals surface area contributed by atoms with Crippen molar-refractivity contribution in [2.45, 2.75) is 26.2 Å². The first-order valence-electron chi connectivity index (χ1n) is 6.10. The van der Waals surface area contributed by atoms with Gasteiger partial charge in [-0.05, 0) is 35.2 Å². The van der Waals surface area contributed by atoms with Gasteiger partial charge in [-0.15, -0.1) is 0 Å². The van der Waals surface area contributed by atoms with Gasteiger partial charge in [0.05, 0.1) is 11.0 Å². The fourth-order valence-electron chi connectivity index (χ4n) is 2.32. The fraction of sp³-hybridized carbons (Fsp3) is 0.267. The van der Waals surface area contributed by atoms with Crippen LogP contribution in [0, 0.1) is 0 Å². The minimum Gasteiger partial charge on any atom is -0.314 e. The lowest BCUT2D eigenvalue weighted by molar-refractivity contribution is 0.591. The molecule has 0 radical (unpaired) electrons. The van der Waals surface area contributed by atoms with Crippen LogP contribution >= 0.6 is 0 Å². The second-order valence-corrected chi connectivity index (χ2v) is 5.71. The fourth-order valence-corrected chi connectivity index (χ4v) is 2.32. The van der Waals surface area contributed by atoms with Gasteiger partial charge in [0.15, 0.2) is 0 Å². The predicted octanol–water partition coefficient (Wildman–Crippen LogP) is 3.08. The molecule has 3 rings (SSSR count). The Morgan fingerprint density at radius 3 is 2.61 bits per heavy atom. The molecule has 0 aliphatic heterocycles. The molecular weight excluding hydrogens is 224 g/mol. The van der Waals surface area contributed by atoms with Crippen molar-refractivity contribution in [1.29, 1.82) is 0 Å². The molecule has 3 nitrogen and oxygen atoms in total. The highest BCUT2D eigenvalue weighted by atomic mass is 16.1. The summed E-state index contributed by atoms with van der Waals surface area (Å²) >= 11 is 0. The van der Waals surface area contributed by atoms with Gasteiger partial charge in [0.2, 0.25) is 0 Å². The van der Waals surface area contributed by atoms with Crippen LogP contribution < -0.4 is 5.69 Å². The van der Waals surface area contributed by atoms with Gasteiger partial charge >= 0.3 is 5.69 Å². The number of H-pyrrole nitrogens is 1. The molecule has 2 aromatic heterocycles. The number of fused-ring (bicyclic) bond motifs is 3. The van der Waals surface area contributed by atoms with Crippen molar-refractivity contribution in [1.82, 2.24) is 9.38 Å². The molecule has 0 aliphatic carbocycles. The lowest BCUT2D eigenvalue weighted by atomic mass is 9.86. The largest absolute Gasteiger partial charge is 0.330 e. The molecule has 92 valence electrons. The van der Waals surface area contributed by atoms with Crippen LogP contribution in [0.1, 0.15) is 26.3 Å². The van der Waals surface area contributed by atoms with E-state index in [1.165, 1.54) is 5.56 Å². The van der Waals surface area contributed by atoms with E-state index in [1.807, 2.05) is 12.1 Å². The molecule has 1 aromatic carbocycles. The molecule has 18 heavy (non-hydrogen) atoms. The van der Waals surface area contributed by atoms with E-state index < -0.39 is 0 Å². The van der Waals surface area contributed by atoms with E-state index in [4.69, 9.17) is 0 Å². The van der Waals surface area contributed by atoms with Crippen molar-refractivity contribution in [3.8, 4) is 0 Å². The minimum absolute atomic E-state index is 0.0917. The molecule has 0 amide bonds. The Morgan fingerprint density at radius 1 is 1.11 bits per heavy atom. The van der Waals surface area contributed by atoms with Crippen molar-refractivity contribution in [2.75, 3.05) is 0 Å². The highest BCUT2D eigenvalue weighted by Gasteiger charge is 2.15. The molecule has 0 bridgehead atoms. The molecule has 0 unspecified atom stereocenters. The summed E-state index contributed by atoms with van der Waals surface area (Å²) in [5.74, 6) is 0. The normalized spacial score (nSPS) is 12.4. The van der Waals surface area contributed by atoms with Gasteiger partial charge in [-0.3, -0.25) is 4.40 Å². The molecule has 3 aromatic rings. The van der Waals surface area contributed by atoms with E-state index in [9.17, 15) is 4.79 Å². The third kappa shape index (κ3) is 1.55. The predicted molar refractivity (Wildman–Crippen MR) is 74.2 cm³/mol. The topological polar surface area (TPSA) is 37.3 Å². The summed E-state index contributed by atoms with van der Waals surface area (Å²) in [6.45, 7) is 6.57. The third-order valence-corrected chi connectivity index (χ3v) is 3.36. The average molecular weight is 240 g/mol. The summed E-state index contributed by atoms with van der Waals surface area (Å²) in [5.41, 5.74) is 3.20. The second-order valence-electron chi connectivity index (χ2n) is 5.71. The summed E-state index contributed by atoms with van der Waals surface area (Å²) in [6, 6.07) is 10.3. The number of rotatable bonds is 0. The van der Waals surface area contributed by atoms with Crippen LogP contribution in [0.5, 0.6) is 0 Å². The van der Waals surface area contributed by atoms with E-state index in [-0.39, 0.29) is 11.1 Å². The molecule has 3 heteroatoms. The Morgan fingerprint density at radius 2 is 1.89 bits per heavy atom. The molecular formula is C15H16N2O. The van der Waals surface area contributed by atoms with Crippen LogP contribution in [0.2, 0.25) is 0 Å². The molecule has 0 spiro atoms. The number of hydrogen-bond acceptors (Lipinski definition) is 1. The molecule has 0 atom stereocenters. The summed E-state index contributed by atoms with van der Waals surface area (Å²) in [7, 11) is 0. The Labute approximate surface area is 105 Å². The zero-order valence-corrected chi connectivity index (χ0v) is 10.8. The van der Waals surface area contributed by atoms with E-state index >= 15 is 0 Å². The van der Waals surface area contributed by atoms with E-state index in [2.05, 4.69) is 44.0 Å². The van der Waals surface area contributed by atoms with Gasteiger partial charge in [-0.1, -0.05) is 26.8 Å². The number of nitrogens with one attached hydrogen (secondary N) is 1. The Balaban J connectivity index is 2.41. The van der Waals surface area contributed by atoms with Crippen LogP contribution in [-0.4, -0.2) is 9.38 Å². The van der Waals surface area contributed by atoms with Gasteiger partial charge in [0.1, 0.15) is 0 Å². The summed E-state index contributed by atoms with van der Waals surface area (Å²) in [4.78, 5) is 14.5. The smallest absolute Gasteiger partial charge is 0.314 e. The van der Waals surface area contributed by atoms with Crippen molar-refractivity contribution in [3.63, 3.8) is 0 Å². The quantitative estimate of drug-likeness (QED) is 0.644. The van der Waals surface area contributed by atoms with Crippen LogP contribution in [0.4, 0.5) is 0 Å². The zero-order chi connectivity index (χ0) is 12.9. The molecule has 0 saturated carbocycles. The number of hydrogen-bond donors (Lipinski definition) is 1. The minimum atomic E-state index is -0.0917. The van der Waals surface area contributed by atoms with Gasteiger partial charge in [0, 0.05) is 11.6 Å². The maximum absolute atomic E-state index is 11.8. The molecule has 0 fully saturated rings. The van der Waals surface area contributed by atoms with Crippen molar-refractivity contribution >= 4 is 16.4 Å². The summed E-state index contributed by atoms with van der Waals surface area (Å²) < 4.78 is 1.71. The number of aromatic amines is 1. The van der Waals surface area contributed by atoms with Gasteiger partial charge in [-0.2, -0.15) is 0 Å². The average Bonchev–Trinajstić information content (AvgIpc) is 2.66. The zero-order valence-electron chi connectivity index (χ0n) is 10.8. The SMILES string of the molecule is CC(C)(C)c1ccc2c(c1)cc1cc[nH]c(=O)n12. The first kappa shape index (κ1) is 11.1. The van der Waals surface area contributed by atoms with Gasteiger partial charge in [0.25, 0.3) is 0 Å². The molecule has 1 N–H and O–H groups in total. The molecule has 0 aliphatic rings. The second kappa shape index (κ2) is 3.48. The first-order chi connectivity index (χ1) is 8.47. The highest BCUT2D eigenvalue weighted by molar-refractivity contribution is 5.87. The Kier molecular flexibility index (Phi) is 2.14. The number of nitrogens with zero attached hydrogens (tertiary/aromatic N) is 1. The van der Waals surface area contributed by atoms with Crippen LogP contribution in [0.15, 0.2) is 41.3 Å². The summed E-state index contributed by atoms with van der Waals surface area (Å²) in [6.07, 6.45) is 1.68. The summed E-state index contributed by atoms with van der Waals surface area (Å²) in [5, 5.41) is 1.11. The van der Waals surface area contributed by atoms with Crippen molar-refractivity contribution in [2.24, 2.45) is 0 Å². The van der Waals surface area contributed by atoms with Gasteiger partial charge < -0.3 is 4.98 Å². The van der Waals surface area contributed by atoms with Gasteiger partial charge in [-0.25, -0.2) is 4.79 Å². The third-order valence-electron chi connectivity index (χ3n) is 3.36. The van der Waals surface area contributed by atoms with E-state index in [0.717, 1.165) is 16.4 Å². The standard InChI is InChI=1S/C15H16N2O/c1-15(2,3)11-4-5-13-10(8-11)9-12-6-7-16-14(18)17(12)13/h4-9H,1-3H3,(H,16,18). The molecule has 0 saturated heterocycles. The Hall–Kier alpha value is -2.03. The highest BCUT2D eigenvalue weighted by Crippen LogP contribution is 2.27. The monoisotopic (exact) mass is 240 g/mol. The maximum Gasteiger partial charge on any atom is 0.330 e. The van der Waals surface area contributed by atoms with Crippen molar-refractivity contribution in [3.05, 3.63) is 52.6 Å². The van der Waals surface area contributed by atoms with Crippen molar-refractivity contribution < 1.29 is 0 Å². The van der Waals surface area contributed by atoms with Crippen LogP contribution in [-0.2, 0) is 5.41 Å². The maximum atomic E-state index is 11.8. The first-order valence-corrected chi connectivity index (χ1v) is 6.10. The number of benzene rings is 1. The Bertz CT molecular complexity index is 787.